The molecule has 37 heavy (non-hydrogen) atoms. The van der Waals surface area contributed by atoms with Crippen LogP contribution in [-0.2, 0) is 11.3 Å². The Morgan fingerprint density at radius 3 is 1.95 bits per heavy atom. The number of rotatable bonds is 8. The van der Waals surface area contributed by atoms with E-state index in [2.05, 4.69) is 0 Å². The largest absolute Gasteiger partial charge is 0.489 e. The van der Waals surface area contributed by atoms with Crippen molar-refractivity contribution in [3.05, 3.63) is 131 Å². The zero-order chi connectivity index (χ0) is 25.8. The highest BCUT2D eigenvalue weighted by atomic mass is 16.5. The Bertz CT molecular complexity index is 1460. The SMILES string of the molecule is O=C(COC(=O)c1ccccc1N1C(=O)c2ccccc2C1=O)c1ccc(OCc2ccccc2)cc1. The molecule has 0 aliphatic carbocycles. The first kappa shape index (κ1) is 23.7. The van der Waals surface area contributed by atoms with Crippen LogP contribution in [0, 0.1) is 0 Å². The third kappa shape index (κ3) is 4.88. The predicted molar refractivity (Wildman–Crippen MR) is 136 cm³/mol. The number of fused-ring (bicyclic) bond motifs is 1. The maximum atomic E-state index is 12.9. The number of ketones is 1. The van der Waals surface area contributed by atoms with E-state index in [4.69, 9.17) is 9.47 Å². The van der Waals surface area contributed by atoms with E-state index in [9.17, 15) is 19.2 Å². The predicted octanol–water partition coefficient (Wildman–Crippen LogP) is 5.11. The van der Waals surface area contributed by atoms with Gasteiger partial charge in [0.05, 0.1) is 22.4 Å². The van der Waals surface area contributed by atoms with Gasteiger partial charge in [-0.05, 0) is 54.1 Å². The first-order valence-corrected chi connectivity index (χ1v) is 11.6. The highest BCUT2D eigenvalue weighted by Crippen LogP contribution is 2.31. The average molecular weight is 491 g/mol. The number of para-hydroxylation sites is 1. The Morgan fingerprint density at radius 1 is 0.676 bits per heavy atom. The van der Waals surface area contributed by atoms with Gasteiger partial charge in [-0.15, -0.1) is 0 Å². The lowest BCUT2D eigenvalue weighted by Crippen LogP contribution is -2.31. The molecule has 0 saturated carbocycles. The van der Waals surface area contributed by atoms with E-state index in [1.807, 2.05) is 30.3 Å². The Morgan fingerprint density at radius 2 is 1.27 bits per heavy atom. The highest BCUT2D eigenvalue weighted by molar-refractivity contribution is 6.35. The Hall–Kier alpha value is -5.04. The summed E-state index contributed by atoms with van der Waals surface area (Å²) >= 11 is 0. The van der Waals surface area contributed by atoms with Crippen molar-refractivity contribution in [1.82, 2.24) is 0 Å². The number of carbonyl (C=O) groups excluding carboxylic acids is 4. The lowest BCUT2D eigenvalue weighted by atomic mass is 10.1. The summed E-state index contributed by atoms with van der Waals surface area (Å²) in [6.07, 6.45) is 0. The number of imide groups is 1. The normalized spacial score (nSPS) is 12.3. The molecule has 7 nitrogen and oxygen atoms in total. The number of carbonyl (C=O) groups is 4. The van der Waals surface area contributed by atoms with Crippen LogP contribution in [0.25, 0.3) is 0 Å². The maximum Gasteiger partial charge on any atom is 0.340 e. The Balaban J connectivity index is 1.23. The van der Waals surface area contributed by atoms with Gasteiger partial charge in [-0.3, -0.25) is 14.4 Å². The number of esters is 1. The Kier molecular flexibility index (Phi) is 6.59. The summed E-state index contributed by atoms with van der Waals surface area (Å²) in [5, 5.41) is 0. The molecule has 0 atom stereocenters. The minimum absolute atomic E-state index is 0.00876. The van der Waals surface area contributed by atoms with Crippen molar-refractivity contribution in [1.29, 1.82) is 0 Å². The molecule has 7 heteroatoms. The second kappa shape index (κ2) is 10.3. The molecule has 1 heterocycles. The van der Waals surface area contributed by atoms with Gasteiger partial charge in [0, 0.05) is 5.56 Å². The first-order chi connectivity index (χ1) is 18.0. The van der Waals surface area contributed by atoms with Crippen LogP contribution in [-0.4, -0.2) is 30.2 Å². The quantitative estimate of drug-likeness (QED) is 0.193. The van der Waals surface area contributed by atoms with E-state index in [1.165, 1.54) is 12.1 Å². The maximum absolute atomic E-state index is 12.9. The monoisotopic (exact) mass is 491 g/mol. The van der Waals surface area contributed by atoms with Crippen molar-refractivity contribution in [3.63, 3.8) is 0 Å². The van der Waals surface area contributed by atoms with Gasteiger partial charge in [-0.2, -0.15) is 0 Å². The number of Topliss-reactive ketones (excluding diaryl/α,β-unsaturated/α-hetero) is 1. The molecule has 0 radical (unpaired) electrons. The summed E-state index contributed by atoms with van der Waals surface area (Å²) in [5.41, 5.74) is 2.02. The molecule has 4 aromatic rings. The minimum Gasteiger partial charge on any atom is -0.489 e. The third-order valence-electron chi connectivity index (χ3n) is 5.92. The molecule has 0 bridgehead atoms. The molecule has 5 rings (SSSR count). The number of benzene rings is 4. The van der Waals surface area contributed by atoms with Crippen molar-refractivity contribution >= 4 is 29.3 Å². The molecule has 1 aliphatic rings. The zero-order valence-electron chi connectivity index (χ0n) is 19.6. The van der Waals surface area contributed by atoms with Crippen molar-refractivity contribution in [2.75, 3.05) is 11.5 Å². The molecule has 0 fully saturated rings. The van der Waals surface area contributed by atoms with Crippen molar-refractivity contribution in [2.24, 2.45) is 0 Å². The van der Waals surface area contributed by atoms with Crippen molar-refractivity contribution in [2.45, 2.75) is 6.61 Å². The molecule has 2 amide bonds. The molecular formula is C30H21NO6. The number of ether oxygens (including phenoxy) is 2. The molecule has 0 unspecified atom stereocenters. The number of anilines is 1. The first-order valence-electron chi connectivity index (χ1n) is 11.6. The van der Waals surface area contributed by atoms with E-state index in [0.717, 1.165) is 10.5 Å². The van der Waals surface area contributed by atoms with Gasteiger partial charge in [-0.25, -0.2) is 9.69 Å². The molecular weight excluding hydrogens is 470 g/mol. The lowest BCUT2D eigenvalue weighted by Gasteiger charge is -2.17. The summed E-state index contributed by atoms with van der Waals surface area (Å²) < 4.78 is 11.0. The van der Waals surface area contributed by atoms with E-state index in [0.29, 0.717) is 17.9 Å². The van der Waals surface area contributed by atoms with E-state index in [1.54, 1.807) is 60.7 Å². The fourth-order valence-corrected chi connectivity index (χ4v) is 4.02. The van der Waals surface area contributed by atoms with E-state index in [-0.39, 0.29) is 22.4 Å². The van der Waals surface area contributed by atoms with Gasteiger partial charge >= 0.3 is 5.97 Å². The van der Waals surface area contributed by atoms with E-state index < -0.39 is 30.2 Å². The lowest BCUT2D eigenvalue weighted by molar-refractivity contribution is 0.0475. The smallest absolute Gasteiger partial charge is 0.340 e. The summed E-state index contributed by atoms with van der Waals surface area (Å²) in [7, 11) is 0. The topological polar surface area (TPSA) is 90.0 Å². The average Bonchev–Trinajstić information content (AvgIpc) is 3.20. The van der Waals surface area contributed by atoms with Crippen LogP contribution in [0.1, 0.15) is 47.0 Å². The van der Waals surface area contributed by atoms with Crippen LogP contribution >= 0.6 is 0 Å². The van der Waals surface area contributed by atoms with Crippen LogP contribution in [0.3, 0.4) is 0 Å². The molecule has 0 spiro atoms. The molecule has 182 valence electrons. The van der Waals surface area contributed by atoms with Crippen LogP contribution in [0.5, 0.6) is 5.75 Å². The summed E-state index contributed by atoms with van der Waals surface area (Å²) in [6, 6.07) is 28.9. The van der Waals surface area contributed by atoms with Crippen molar-refractivity contribution in [3.8, 4) is 5.75 Å². The molecule has 4 aromatic carbocycles. The zero-order valence-corrected chi connectivity index (χ0v) is 19.6. The van der Waals surface area contributed by atoms with Gasteiger partial charge in [0.2, 0.25) is 0 Å². The Labute approximate surface area is 212 Å². The van der Waals surface area contributed by atoms with Gasteiger partial charge < -0.3 is 9.47 Å². The van der Waals surface area contributed by atoms with Crippen LogP contribution in [0.2, 0.25) is 0 Å². The van der Waals surface area contributed by atoms with Gasteiger partial charge in [-0.1, -0.05) is 54.6 Å². The van der Waals surface area contributed by atoms with Gasteiger partial charge in [0.25, 0.3) is 11.8 Å². The van der Waals surface area contributed by atoms with E-state index >= 15 is 0 Å². The minimum atomic E-state index is -0.816. The summed E-state index contributed by atoms with van der Waals surface area (Å²) in [5.74, 6) is -1.66. The van der Waals surface area contributed by atoms with Gasteiger partial charge in [0.1, 0.15) is 12.4 Å². The summed E-state index contributed by atoms with van der Waals surface area (Å²) in [4.78, 5) is 52.2. The molecule has 0 N–H and O–H groups in total. The van der Waals surface area contributed by atoms with Crippen LogP contribution < -0.4 is 9.64 Å². The molecule has 0 saturated heterocycles. The number of nitrogens with zero attached hydrogens (tertiary/aromatic N) is 1. The fourth-order valence-electron chi connectivity index (χ4n) is 4.02. The second-order valence-corrected chi connectivity index (χ2v) is 8.31. The standard InChI is InChI=1S/C30H21NO6/c32-27(21-14-16-22(17-15-21)36-18-20-8-2-1-3-9-20)19-37-30(35)25-12-6-7-13-26(25)31-28(33)23-10-4-5-11-24(23)29(31)34/h1-17H,18-19H2. The number of hydrogen-bond donors (Lipinski definition) is 0. The second-order valence-electron chi connectivity index (χ2n) is 8.31. The van der Waals surface area contributed by atoms with Gasteiger partial charge in [0.15, 0.2) is 12.4 Å². The third-order valence-corrected chi connectivity index (χ3v) is 5.92. The molecule has 1 aliphatic heterocycles. The fraction of sp³-hybridized carbons (Fsp3) is 0.0667. The molecule has 0 aromatic heterocycles. The van der Waals surface area contributed by atoms with Crippen LogP contribution in [0.4, 0.5) is 5.69 Å². The number of hydrogen-bond acceptors (Lipinski definition) is 6. The summed E-state index contributed by atoms with van der Waals surface area (Å²) in [6.45, 7) is -0.0994. The highest BCUT2D eigenvalue weighted by Gasteiger charge is 2.38. The van der Waals surface area contributed by atoms with Crippen molar-refractivity contribution < 1.29 is 28.7 Å². The van der Waals surface area contributed by atoms with Crippen LogP contribution in [0.15, 0.2) is 103 Å². The number of amides is 2.